The van der Waals surface area contributed by atoms with Crippen molar-refractivity contribution in [3.8, 4) is 5.75 Å². The Morgan fingerprint density at radius 1 is 1.10 bits per heavy atom. The molecule has 31 heavy (non-hydrogen) atoms. The molecule has 2 heterocycles. The zero-order chi connectivity index (χ0) is 22.0. The monoisotopic (exact) mass is 439 g/mol. The van der Waals surface area contributed by atoms with E-state index in [4.69, 9.17) is 16.3 Å². The zero-order valence-corrected chi connectivity index (χ0v) is 17.4. The second kappa shape index (κ2) is 8.65. The predicted molar refractivity (Wildman–Crippen MR) is 118 cm³/mol. The number of amides is 1. The second-order valence-electron chi connectivity index (χ2n) is 6.99. The van der Waals surface area contributed by atoms with Gasteiger partial charge in [0.2, 0.25) is 5.91 Å². The van der Waals surface area contributed by atoms with E-state index in [9.17, 15) is 14.0 Å². The lowest BCUT2D eigenvalue weighted by Gasteiger charge is -2.11. The predicted octanol–water partition coefficient (Wildman–Crippen LogP) is 4.29. The molecule has 0 unspecified atom stereocenters. The quantitative estimate of drug-likeness (QED) is 0.487. The fraction of sp³-hybridized carbons (Fsp3) is 0.130. The van der Waals surface area contributed by atoms with Gasteiger partial charge in [-0.2, -0.15) is 0 Å². The number of carbonyl (C=O) groups excluding carboxylic acids is 1. The first-order valence-corrected chi connectivity index (χ1v) is 9.89. The first-order valence-electron chi connectivity index (χ1n) is 9.51. The number of benzene rings is 2. The van der Waals surface area contributed by atoms with Crippen molar-refractivity contribution >= 4 is 34.1 Å². The van der Waals surface area contributed by atoms with Crippen LogP contribution in [0, 0.1) is 5.82 Å². The van der Waals surface area contributed by atoms with E-state index in [0.29, 0.717) is 27.5 Å². The largest absolute Gasteiger partial charge is 0.495 e. The Labute approximate surface area is 182 Å². The Hall–Kier alpha value is -3.58. The number of methoxy groups -OCH3 is 1. The lowest BCUT2D eigenvalue weighted by Crippen LogP contribution is -2.28. The van der Waals surface area contributed by atoms with Gasteiger partial charge in [-0.1, -0.05) is 29.8 Å². The summed E-state index contributed by atoms with van der Waals surface area (Å²) in [7, 11) is 1.50. The minimum Gasteiger partial charge on any atom is -0.495 e. The minimum atomic E-state index is -0.380. The molecular formula is C23H19ClFN3O3. The van der Waals surface area contributed by atoms with Crippen molar-refractivity contribution in [2.75, 3.05) is 12.4 Å². The summed E-state index contributed by atoms with van der Waals surface area (Å²) in [4.78, 5) is 25.5. The van der Waals surface area contributed by atoms with E-state index in [1.54, 1.807) is 65.5 Å². The van der Waals surface area contributed by atoms with E-state index in [-0.39, 0.29) is 30.4 Å². The molecule has 1 N–H and O–H groups in total. The Morgan fingerprint density at radius 3 is 2.55 bits per heavy atom. The molecule has 0 saturated heterocycles. The third-order valence-electron chi connectivity index (χ3n) is 4.94. The summed E-state index contributed by atoms with van der Waals surface area (Å²) in [6.45, 7) is 0.0370. The molecule has 0 aliphatic rings. The Bertz CT molecular complexity index is 1330. The molecule has 0 fully saturated rings. The van der Waals surface area contributed by atoms with Crippen LogP contribution < -0.4 is 15.6 Å². The van der Waals surface area contributed by atoms with Crippen LogP contribution in [-0.4, -0.2) is 22.2 Å². The Morgan fingerprint density at radius 2 is 1.84 bits per heavy atom. The average Bonchev–Trinajstić information content (AvgIpc) is 3.15. The van der Waals surface area contributed by atoms with Crippen LogP contribution in [0.4, 0.5) is 10.1 Å². The number of fused-ring (bicyclic) bond motifs is 1. The molecule has 1 amide bonds. The van der Waals surface area contributed by atoms with Crippen LogP contribution in [0.3, 0.4) is 0 Å². The van der Waals surface area contributed by atoms with Gasteiger partial charge in [0.05, 0.1) is 18.7 Å². The molecule has 2 aromatic carbocycles. The standard InChI is InChI=1S/C23H19ClFN3O3/c1-31-20-7-6-17(12-18(20)24)26-21(29)14-28-11-9-15-8-10-27(22(15)23(28)30)13-16-4-2-3-5-19(16)25/h2-12H,13-14H2,1H3,(H,26,29). The molecule has 8 heteroatoms. The van der Waals surface area contributed by atoms with Gasteiger partial charge in [-0.25, -0.2) is 4.39 Å². The van der Waals surface area contributed by atoms with Gasteiger partial charge in [0.25, 0.3) is 5.56 Å². The molecule has 4 rings (SSSR count). The van der Waals surface area contributed by atoms with Gasteiger partial charge < -0.3 is 19.2 Å². The van der Waals surface area contributed by atoms with Crippen molar-refractivity contribution < 1.29 is 13.9 Å². The number of halogens is 2. The molecule has 0 aliphatic carbocycles. The first-order chi connectivity index (χ1) is 15.0. The summed E-state index contributed by atoms with van der Waals surface area (Å²) in [5.74, 6) is -0.218. The van der Waals surface area contributed by atoms with Crippen LogP contribution in [0.15, 0.2) is 71.8 Å². The van der Waals surface area contributed by atoms with Crippen LogP contribution in [-0.2, 0) is 17.9 Å². The zero-order valence-electron chi connectivity index (χ0n) is 16.6. The average molecular weight is 440 g/mol. The Balaban J connectivity index is 1.58. The molecule has 158 valence electrons. The van der Waals surface area contributed by atoms with E-state index >= 15 is 0 Å². The maximum atomic E-state index is 14.0. The molecule has 4 aromatic rings. The van der Waals surface area contributed by atoms with E-state index in [1.807, 2.05) is 0 Å². The van der Waals surface area contributed by atoms with E-state index < -0.39 is 0 Å². The number of rotatable bonds is 6. The summed E-state index contributed by atoms with van der Waals surface area (Å²) in [5.41, 5.74) is 1.05. The molecular weight excluding hydrogens is 421 g/mol. The van der Waals surface area contributed by atoms with Crippen LogP contribution >= 0.6 is 11.6 Å². The van der Waals surface area contributed by atoms with E-state index in [2.05, 4.69) is 5.32 Å². The van der Waals surface area contributed by atoms with Crippen molar-refractivity contribution in [3.63, 3.8) is 0 Å². The summed E-state index contributed by atoms with van der Waals surface area (Å²) in [5, 5.41) is 3.81. The fourth-order valence-electron chi connectivity index (χ4n) is 3.41. The molecule has 0 aliphatic heterocycles. The summed E-state index contributed by atoms with van der Waals surface area (Å²) < 4.78 is 22.2. The van der Waals surface area contributed by atoms with Crippen molar-refractivity contribution in [1.82, 2.24) is 9.13 Å². The topological polar surface area (TPSA) is 65.3 Å². The molecule has 0 saturated carbocycles. The number of hydrogen-bond acceptors (Lipinski definition) is 3. The summed E-state index contributed by atoms with van der Waals surface area (Å²) >= 11 is 6.09. The lowest BCUT2D eigenvalue weighted by atomic mass is 10.2. The smallest absolute Gasteiger partial charge is 0.275 e. The summed E-state index contributed by atoms with van der Waals surface area (Å²) in [6, 6.07) is 14.9. The van der Waals surface area contributed by atoms with Crippen molar-refractivity contribution in [2.24, 2.45) is 0 Å². The first kappa shape index (κ1) is 20.7. The van der Waals surface area contributed by atoms with Gasteiger partial charge in [-0.3, -0.25) is 9.59 Å². The molecule has 2 aromatic heterocycles. The maximum absolute atomic E-state index is 14.0. The number of anilines is 1. The van der Waals surface area contributed by atoms with Gasteiger partial charge in [-0.15, -0.1) is 0 Å². The van der Waals surface area contributed by atoms with Crippen LogP contribution in [0.1, 0.15) is 5.56 Å². The molecule has 0 bridgehead atoms. The molecule has 6 nitrogen and oxygen atoms in total. The SMILES string of the molecule is COc1ccc(NC(=O)Cn2ccc3ccn(Cc4ccccc4F)c3c2=O)cc1Cl. The molecule has 0 spiro atoms. The third-order valence-corrected chi connectivity index (χ3v) is 5.24. The number of ether oxygens (including phenoxy) is 1. The highest BCUT2D eigenvalue weighted by molar-refractivity contribution is 6.32. The number of carbonyl (C=O) groups is 1. The molecule has 0 radical (unpaired) electrons. The minimum absolute atomic E-state index is 0.177. The number of nitrogens with one attached hydrogen (secondary N) is 1. The van der Waals surface area contributed by atoms with Gasteiger partial charge in [0, 0.05) is 29.0 Å². The van der Waals surface area contributed by atoms with Gasteiger partial charge in [0.1, 0.15) is 23.6 Å². The third kappa shape index (κ3) is 4.32. The van der Waals surface area contributed by atoms with Gasteiger partial charge in [-0.05, 0) is 36.4 Å². The van der Waals surface area contributed by atoms with E-state index in [0.717, 1.165) is 5.39 Å². The maximum Gasteiger partial charge on any atom is 0.275 e. The van der Waals surface area contributed by atoms with Crippen molar-refractivity contribution in [1.29, 1.82) is 0 Å². The fourth-order valence-corrected chi connectivity index (χ4v) is 3.67. The van der Waals surface area contributed by atoms with Crippen LogP contribution in [0.5, 0.6) is 5.75 Å². The van der Waals surface area contributed by atoms with E-state index in [1.165, 1.54) is 17.7 Å². The summed E-state index contributed by atoms with van der Waals surface area (Å²) in [6.07, 6.45) is 3.31. The van der Waals surface area contributed by atoms with Gasteiger partial charge in [0.15, 0.2) is 0 Å². The number of aromatic nitrogens is 2. The van der Waals surface area contributed by atoms with Gasteiger partial charge >= 0.3 is 0 Å². The highest BCUT2D eigenvalue weighted by Gasteiger charge is 2.13. The number of hydrogen-bond donors (Lipinski definition) is 1. The van der Waals surface area contributed by atoms with Crippen LogP contribution in [0.25, 0.3) is 10.9 Å². The number of pyridine rings is 1. The van der Waals surface area contributed by atoms with Crippen molar-refractivity contribution in [2.45, 2.75) is 13.1 Å². The second-order valence-corrected chi connectivity index (χ2v) is 7.39. The van der Waals surface area contributed by atoms with Crippen molar-refractivity contribution in [3.05, 3.63) is 93.7 Å². The normalized spacial score (nSPS) is 10.9. The number of nitrogens with zero attached hydrogens (tertiary/aromatic N) is 2. The highest BCUT2D eigenvalue weighted by atomic mass is 35.5. The molecule has 0 atom stereocenters. The highest BCUT2D eigenvalue weighted by Crippen LogP contribution is 2.27. The van der Waals surface area contributed by atoms with Crippen LogP contribution in [0.2, 0.25) is 5.02 Å². The lowest BCUT2D eigenvalue weighted by molar-refractivity contribution is -0.116. The Kier molecular flexibility index (Phi) is 5.77.